The lowest BCUT2D eigenvalue weighted by Crippen LogP contribution is -2.65. The number of rotatable bonds is 5. The van der Waals surface area contributed by atoms with E-state index in [1.807, 2.05) is 6.92 Å². The van der Waals surface area contributed by atoms with E-state index in [2.05, 4.69) is 14.1 Å². The molecule has 3 aliphatic heterocycles. The Hall–Kier alpha value is -1.03. The van der Waals surface area contributed by atoms with Crippen molar-refractivity contribution in [1.29, 1.82) is 0 Å². The van der Waals surface area contributed by atoms with Crippen LogP contribution in [0.1, 0.15) is 5.56 Å². The van der Waals surface area contributed by atoms with Gasteiger partial charge in [-0.25, -0.2) is 0 Å². The number of hydrogen-bond acceptors (Lipinski definition) is 4. The Labute approximate surface area is 162 Å². The van der Waals surface area contributed by atoms with Gasteiger partial charge in [-0.15, -0.1) is 0 Å². The fourth-order valence-corrected chi connectivity index (χ4v) is 4.07. The third-order valence-electron chi connectivity index (χ3n) is 5.77. The zero-order valence-electron chi connectivity index (χ0n) is 16.5. The molecule has 3 aliphatic rings. The molecule has 7 nitrogen and oxygen atoms in total. The summed E-state index contributed by atoms with van der Waals surface area (Å²) < 4.78 is 42.7. The van der Waals surface area contributed by atoms with Crippen LogP contribution in [0.15, 0.2) is 29.2 Å². The summed E-state index contributed by atoms with van der Waals surface area (Å²) in [6.07, 6.45) is 1.13. The molecule has 0 saturated carbocycles. The molecule has 2 unspecified atom stereocenters. The molecule has 0 spiro atoms. The fourth-order valence-electron chi connectivity index (χ4n) is 3.59. The van der Waals surface area contributed by atoms with Crippen molar-refractivity contribution < 1.29 is 31.4 Å². The van der Waals surface area contributed by atoms with Gasteiger partial charge in [0.2, 0.25) is 0 Å². The van der Waals surface area contributed by atoms with Crippen LogP contribution in [-0.4, -0.2) is 101 Å². The topological polar surface area (TPSA) is 79.4 Å². The number of benzene rings is 1. The summed E-state index contributed by atoms with van der Waals surface area (Å²) in [5.74, 6) is 0. The molecule has 3 fully saturated rings. The average molecular weight is 401 g/mol. The van der Waals surface area contributed by atoms with E-state index in [9.17, 15) is 8.42 Å². The molecule has 0 amide bonds. The predicted octanol–water partition coefficient (Wildman–Crippen LogP) is 0.933. The number of likely N-dealkylation sites (N-methyl/N-ethyl adjacent to an activating group) is 2. The van der Waals surface area contributed by atoms with Crippen molar-refractivity contribution in [3.8, 4) is 0 Å². The molecule has 27 heavy (non-hydrogen) atoms. The first-order chi connectivity index (χ1) is 12.6. The van der Waals surface area contributed by atoms with E-state index in [-0.39, 0.29) is 4.90 Å². The second-order valence-corrected chi connectivity index (χ2v) is 10.1. The monoisotopic (exact) mass is 400 g/mol. The number of epoxide rings is 2. The van der Waals surface area contributed by atoms with Crippen LogP contribution in [0.5, 0.6) is 0 Å². The SMILES string of the molecule is C[N+]1(CC2CO2)CC[N+](C)(CC2CO2)CC1.Cc1ccc(S(=O)(=O)O)cc1. The van der Waals surface area contributed by atoms with E-state index < -0.39 is 10.1 Å². The van der Waals surface area contributed by atoms with Gasteiger partial charge in [-0.1, -0.05) is 17.7 Å². The highest BCUT2D eigenvalue weighted by molar-refractivity contribution is 7.85. The molecule has 0 radical (unpaired) electrons. The second kappa shape index (κ2) is 7.77. The molecule has 0 aromatic heterocycles. The highest BCUT2D eigenvalue weighted by atomic mass is 32.2. The highest BCUT2D eigenvalue weighted by Crippen LogP contribution is 2.23. The Balaban J connectivity index is 0.000000168. The number of ether oxygens (including phenoxy) is 2. The van der Waals surface area contributed by atoms with Crippen molar-refractivity contribution in [1.82, 2.24) is 0 Å². The summed E-state index contributed by atoms with van der Waals surface area (Å²) >= 11 is 0. The lowest BCUT2D eigenvalue weighted by atomic mass is 10.2. The first kappa shape index (κ1) is 20.7. The molecule has 8 heteroatoms. The Morgan fingerprint density at radius 3 is 1.59 bits per heavy atom. The third-order valence-corrected chi connectivity index (χ3v) is 6.64. The number of hydrogen-bond donors (Lipinski definition) is 1. The smallest absolute Gasteiger partial charge is 0.294 e. The number of nitrogens with zero attached hydrogens (tertiary/aromatic N) is 2. The summed E-state index contributed by atoms with van der Waals surface area (Å²) in [4.78, 5) is -0.0666. The number of aryl methyl sites for hydroxylation is 1. The van der Waals surface area contributed by atoms with Crippen LogP contribution in [0.4, 0.5) is 0 Å². The quantitative estimate of drug-likeness (QED) is 0.452. The maximum absolute atomic E-state index is 10.5. The minimum absolute atomic E-state index is 0.0666. The zero-order valence-corrected chi connectivity index (χ0v) is 17.3. The molecule has 4 rings (SSSR count). The summed E-state index contributed by atoms with van der Waals surface area (Å²) in [6, 6.07) is 5.99. The van der Waals surface area contributed by atoms with Crippen molar-refractivity contribution in [2.24, 2.45) is 0 Å². The van der Waals surface area contributed by atoms with Gasteiger partial charge in [0.15, 0.2) is 0 Å². The molecular weight excluding hydrogens is 368 g/mol. The Kier molecular flexibility index (Phi) is 5.96. The van der Waals surface area contributed by atoms with Crippen LogP contribution in [-0.2, 0) is 19.6 Å². The second-order valence-electron chi connectivity index (χ2n) is 8.70. The van der Waals surface area contributed by atoms with Gasteiger partial charge in [-0.05, 0) is 19.1 Å². The van der Waals surface area contributed by atoms with Gasteiger partial charge < -0.3 is 18.4 Å². The van der Waals surface area contributed by atoms with E-state index in [1.54, 1.807) is 12.1 Å². The van der Waals surface area contributed by atoms with Crippen molar-refractivity contribution in [3.63, 3.8) is 0 Å². The summed E-state index contributed by atoms with van der Waals surface area (Å²) in [5.41, 5.74) is 0.956. The van der Waals surface area contributed by atoms with Crippen LogP contribution in [0.3, 0.4) is 0 Å². The normalized spacial score (nSPS) is 35.1. The predicted molar refractivity (Wildman–Crippen MR) is 102 cm³/mol. The summed E-state index contributed by atoms with van der Waals surface area (Å²) in [6.45, 7) is 11.5. The van der Waals surface area contributed by atoms with Gasteiger partial charge >= 0.3 is 0 Å². The standard InChI is InChI=1S/C12H24N2O2.C7H8O3S/c1-13(7-11-9-15-11)3-5-14(2,6-4-13)8-12-10-16-12;1-6-2-4-7(5-3-6)11(8,9)10/h11-12H,3-10H2,1-2H3;2-5H,1H3,(H,8,9,10)/q+2;. The van der Waals surface area contributed by atoms with Crippen LogP contribution in [0.25, 0.3) is 0 Å². The third kappa shape index (κ3) is 6.51. The first-order valence-corrected chi connectivity index (χ1v) is 11.0. The van der Waals surface area contributed by atoms with Crippen LogP contribution >= 0.6 is 0 Å². The van der Waals surface area contributed by atoms with Gasteiger partial charge in [0.1, 0.15) is 51.5 Å². The minimum atomic E-state index is -4.02. The zero-order chi connectivity index (χ0) is 19.7. The number of piperazine rings is 1. The number of quaternary nitrogens is 2. The highest BCUT2D eigenvalue weighted by Gasteiger charge is 2.43. The largest absolute Gasteiger partial charge is 0.367 e. The van der Waals surface area contributed by atoms with Crippen molar-refractivity contribution in [2.75, 3.05) is 66.6 Å². The van der Waals surface area contributed by atoms with Gasteiger partial charge in [0.25, 0.3) is 10.1 Å². The molecule has 3 saturated heterocycles. The molecule has 1 aromatic rings. The molecule has 0 aliphatic carbocycles. The van der Waals surface area contributed by atoms with Gasteiger partial charge in [-0.3, -0.25) is 4.55 Å². The molecule has 1 N–H and O–H groups in total. The van der Waals surface area contributed by atoms with Gasteiger partial charge in [-0.2, -0.15) is 8.42 Å². The van der Waals surface area contributed by atoms with Gasteiger partial charge in [0, 0.05) is 0 Å². The summed E-state index contributed by atoms with van der Waals surface area (Å²) in [7, 11) is 0.756. The van der Waals surface area contributed by atoms with Crippen LogP contribution < -0.4 is 0 Å². The first-order valence-electron chi connectivity index (χ1n) is 9.51. The van der Waals surface area contributed by atoms with E-state index >= 15 is 0 Å². The lowest BCUT2D eigenvalue weighted by Gasteiger charge is -2.46. The molecule has 2 atom stereocenters. The fraction of sp³-hybridized carbons (Fsp3) is 0.684. The Bertz CT molecular complexity index is 706. The van der Waals surface area contributed by atoms with Crippen LogP contribution in [0.2, 0.25) is 0 Å². The Morgan fingerprint density at radius 1 is 0.926 bits per heavy atom. The maximum Gasteiger partial charge on any atom is 0.294 e. The van der Waals surface area contributed by atoms with Crippen molar-refractivity contribution in [3.05, 3.63) is 29.8 Å². The lowest BCUT2D eigenvalue weighted by molar-refractivity contribution is -1.02. The maximum atomic E-state index is 10.5. The molecular formula is C19H32N2O5S+2. The molecule has 0 bridgehead atoms. The van der Waals surface area contributed by atoms with E-state index in [4.69, 9.17) is 14.0 Å². The minimum Gasteiger partial charge on any atom is -0.367 e. The van der Waals surface area contributed by atoms with E-state index in [0.29, 0.717) is 12.2 Å². The molecule has 1 aromatic carbocycles. The van der Waals surface area contributed by atoms with Crippen LogP contribution in [0, 0.1) is 6.92 Å². The summed E-state index contributed by atoms with van der Waals surface area (Å²) in [5, 5.41) is 0. The van der Waals surface area contributed by atoms with Crippen molar-refractivity contribution in [2.45, 2.75) is 24.0 Å². The Morgan fingerprint density at radius 2 is 1.30 bits per heavy atom. The van der Waals surface area contributed by atoms with Gasteiger partial charge in [0.05, 0.1) is 32.2 Å². The van der Waals surface area contributed by atoms with Crippen molar-refractivity contribution >= 4 is 10.1 Å². The van der Waals surface area contributed by atoms with E-state index in [1.165, 1.54) is 60.4 Å². The van der Waals surface area contributed by atoms with E-state index in [0.717, 1.165) is 18.8 Å². The average Bonchev–Trinajstić information content (AvgIpc) is 3.49. The molecule has 152 valence electrons. The molecule has 3 heterocycles.